The number of primary amides is 1. The predicted molar refractivity (Wildman–Crippen MR) is 66.3 cm³/mol. The first-order valence-electron chi connectivity index (χ1n) is 5.88. The van der Waals surface area contributed by atoms with Crippen molar-refractivity contribution < 1.29 is 18.4 Å². The van der Waals surface area contributed by atoms with Crippen LogP contribution < -0.4 is 11.1 Å². The van der Waals surface area contributed by atoms with Crippen molar-refractivity contribution in [1.29, 1.82) is 5.26 Å². The number of hydrogen-bond donors (Lipinski definition) is 2. The van der Waals surface area contributed by atoms with Gasteiger partial charge < -0.3 is 11.1 Å². The van der Waals surface area contributed by atoms with Gasteiger partial charge in [0.25, 0.3) is 5.91 Å². The molecule has 5 nitrogen and oxygen atoms in total. The molecule has 1 aromatic carbocycles. The number of rotatable bonds is 6. The Morgan fingerprint density at radius 2 is 2.10 bits per heavy atom. The summed E-state index contributed by atoms with van der Waals surface area (Å²) in [6.07, 6.45) is 0.762. The Morgan fingerprint density at radius 1 is 1.40 bits per heavy atom. The van der Waals surface area contributed by atoms with Crippen LogP contribution in [0.25, 0.3) is 0 Å². The van der Waals surface area contributed by atoms with Gasteiger partial charge in [-0.1, -0.05) is 0 Å². The molecule has 0 aliphatic heterocycles. The van der Waals surface area contributed by atoms with Crippen LogP contribution in [-0.2, 0) is 4.79 Å². The van der Waals surface area contributed by atoms with E-state index in [9.17, 15) is 18.4 Å². The summed E-state index contributed by atoms with van der Waals surface area (Å²) < 4.78 is 26.1. The molecule has 0 unspecified atom stereocenters. The van der Waals surface area contributed by atoms with Crippen LogP contribution in [0.4, 0.5) is 8.78 Å². The van der Waals surface area contributed by atoms with Gasteiger partial charge in [-0.15, -0.1) is 0 Å². The maximum absolute atomic E-state index is 13.4. The van der Waals surface area contributed by atoms with Crippen molar-refractivity contribution in [2.24, 2.45) is 5.73 Å². The third-order valence-electron chi connectivity index (χ3n) is 2.61. The van der Waals surface area contributed by atoms with Crippen LogP contribution in [0.15, 0.2) is 18.2 Å². The van der Waals surface area contributed by atoms with Crippen LogP contribution in [-0.4, -0.2) is 17.9 Å². The molecule has 0 radical (unpaired) electrons. The molecule has 0 aromatic heterocycles. The second-order valence-corrected chi connectivity index (χ2v) is 4.10. The number of unbranched alkanes of at least 4 members (excludes halogenated alkanes) is 1. The summed E-state index contributed by atoms with van der Waals surface area (Å²) in [5.41, 5.74) is 4.74. The maximum Gasteiger partial charge on any atom is 0.254 e. The van der Waals surface area contributed by atoms with Crippen LogP contribution in [0.3, 0.4) is 0 Å². The summed E-state index contributed by atoms with van der Waals surface area (Å²) in [4.78, 5) is 22.9. The average molecular weight is 281 g/mol. The fourth-order valence-electron chi connectivity index (χ4n) is 1.58. The molecule has 1 aromatic rings. The SMILES string of the molecule is N#CCCC[C@@H](NC(=O)c1ccc(F)cc1F)C(N)=O. The van der Waals surface area contributed by atoms with Crippen LogP contribution >= 0.6 is 0 Å². The van der Waals surface area contributed by atoms with Gasteiger partial charge in [-0.2, -0.15) is 5.26 Å². The Morgan fingerprint density at radius 3 is 2.65 bits per heavy atom. The molecule has 0 bridgehead atoms. The Kier molecular flexibility index (Phi) is 5.59. The predicted octanol–water partition coefficient (Wildman–Crippen LogP) is 1.24. The zero-order valence-electron chi connectivity index (χ0n) is 10.5. The number of halogens is 2. The van der Waals surface area contributed by atoms with E-state index in [4.69, 9.17) is 11.0 Å². The summed E-state index contributed by atoms with van der Waals surface area (Å²) in [6, 6.07) is 3.39. The molecule has 0 spiro atoms. The van der Waals surface area contributed by atoms with Gasteiger partial charge in [0.15, 0.2) is 0 Å². The van der Waals surface area contributed by atoms with Gasteiger partial charge in [0.1, 0.15) is 17.7 Å². The molecule has 0 saturated carbocycles. The molecule has 1 rings (SSSR count). The van der Waals surface area contributed by atoms with Crippen molar-refractivity contribution in [3.8, 4) is 6.07 Å². The largest absolute Gasteiger partial charge is 0.368 e. The van der Waals surface area contributed by atoms with Crippen molar-refractivity contribution in [2.75, 3.05) is 0 Å². The first kappa shape index (κ1) is 15.6. The molecular formula is C13H13F2N3O2. The smallest absolute Gasteiger partial charge is 0.254 e. The number of carbonyl (C=O) groups excluding carboxylic acids is 2. The van der Waals surface area contributed by atoms with E-state index in [0.29, 0.717) is 12.5 Å². The fraction of sp³-hybridized carbons (Fsp3) is 0.308. The van der Waals surface area contributed by atoms with E-state index in [1.165, 1.54) is 0 Å². The quantitative estimate of drug-likeness (QED) is 0.768. The molecular weight excluding hydrogens is 268 g/mol. The van der Waals surface area contributed by atoms with Gasteiger partial charge in [0, 0.05) is 12.5 Å². The molecule has 20 heavy (non-hydrogen) atoms. The van der Waals surface area contributed by atoms with Crippen molar-refractivity contribution in [2.45, 2.75) is 25.3 Å². The lowest BCUT2D eigenvalue weighted by Crippen LogP contribution is -2.44. The van der Waals surface area contributed by atoms with E-state index in [2.05, 4.69) is 5.32 Å². The monoisotopic (exact) mass is 281 g/mol. The highest BCUT2D eigenvalue weighted by Gasteiger charge is 2.20. The summed E-state index contributed by atoms with van der Waals surface area (Å²) in [6.45, 7) is 0. The number of carbonyl (C=O) groups is 2. The molecule has 0 heterocycles. The normalized spacial score (nSPS) is 11.4. The van der Waals surface area contributed by atoms with Crippen molar-refractivity contribution in [3.05, 3.63) is 35.4 Å². The number of nitrogens with zero attached hydrogens (tertiary/aromatic N) is 1. The molecule has 0 fully saturated rings. The molecule has 106 valence electrons. The maximum atomic E-state index is 13.4. The number of nitrogens with one attached hydrogen (secondary N) is 1. The second kappa shape index (κ2) is 7.19. The third-order valence-corrected chi connectivity index (χ3v) is 2.61. The standard InChI is InChI=1S/C13H13F2N3O2/c14-8-4-5-9(10(15)7-8)13(20)18-11(12(17)19)3-1-2-6-16/h4-5,7,11H,1-3H2,(H2,17,19)(H,18,20)/t11-/m1/s1. The number of nitriles is 1. The summed E-state index contributed by atoms with van der Waals surface area (Å²) in [5.74, 6) is -3.47. The van der Waals surface area contributed by atoms with Gasteiger partial charge in [-0.25, -0.2) is 8.78 Å². The van der Waals surface area contributed by atoms with Crippen LogP contribution in [0.2, 0.25) is 0 Å². The Bertz CT molecular complexity index is 555. The Balaban J connectivity index is 2.75. The molecule has 3 N–H and O–H groups in total. The second-order valence-electron chi connectivity index (χ2n) is 4.10. The summed E-state index contributed by atoms with van der Waals surface area (Å²) in [7, 11) is 0. The van der Waals surface area contributed by atoms with E-state index in [1.54, 1.807) is 0 Å². The minimum atomic E-state index is -1.03. The van der Waals surface area contributed by atoms with E-state index >= 15 is 0 Å². The van der Waals surface area contributed by atoms with Crippen molar-refractivity contribution >= 4 is 11.8 Å². The minimum absolute atomic E-state index is 0.178. The lowest BCUT2D eigenvalue weighted by Gasteiger charge is -2.15. The number of hydrogen-bond acceptors (Lipinski definition) is 3. The molecule has 7 heteroatoms. The number of amides is 2. The topological polar surface area (TPSA) is 96.0 Å². The molecule has 0 saturated heterocycles. The van der Waals surface area contributed by atoms with E-state index in [0.717, 1.165) is 12.1 Å². The zero-order valence-corrected chi connectivity index (χ0v) is 10.5. The lowest BCUT2D eigenvalue weighted by atomic mass is 10.1. The number of nitrogens with two attached hydrogens (primary N) is 1. The van der Waals surface area contributed by atoms with Crippen LogP contribution in [0.1, 0.15) is 29.6 Å². The molecule has 2 amide bonds. The third kappa shape index (κ3) is 4.31. The molecule has 0 aliphatic carbocycles. The molecule has 1 atom stereocenters. The summed E-state index contributed by atoms with van der Waals surface area (Å²) >= 11 is 0. The van der Waals surface area contributed by atoms with E-state index < -0.39 is 29.5 Å². The minimum Gasteiger partial charge on any atom is -0.368 e. The van der Waals surface area contributed by atoms with Crippen molar-refractivity contribution in [1.82, 2.24) is 5.32 Å². The van der Waals surface area contributed by atoms with Gasteiger partial charge in [0.2, 0.25) is 5.91 Å². The van der Waals surface area contributed by atoms with Gasteiger partial charge >= 0.3 is 0 Å². The fourth-order valence-corrected chi connectivity index (χ4v) is 1.58. The van der Waals surface area contributed by atoms with Crippen LogP contribution in [0, 0.1) is 23.0 Å². The van der Waals surface area contributed by atoms with Gasteiger partial charge in [-0.05, 0) is 25.0 Å². The highest BCUT2D eigenvalue weighted by molar-refractivity contribution is 5.97. The highest BCUT2D eigenvalue weighted by atomic mass is 19.1. The highest BCUT2D eigenvalue weighted by Crippen LogP contribution is 2.10. The van der Waals surface area contributed by atoms with Gasteiger partial charge in [0.05, 0.1) is 11.6 Å². The Hall–Kier alpha value is -2.49. The Labute approximate surface area is 114 Å². The van der Waals surface area contributed by atoms with Gasteiger partial charge in [-0.3, -0.25) is 9.59 Å². The van der Waals surface area contributed by atoms with E-state index in [1.807, 2.05) is 6.07 Å². The first-order chi connectivity index (χ1) is 9.45. The number of benzene rings is 1. The summed E-state index contributed by atoms with van der Waals surface area (Å²) in [5, 5.41) is 10.7. The average Bonchev–Trinajstić information content (AvgIpc) is 2.37. The van der Waals surface area contributed by atoms with Crippen molar-refractivity contribution in [3.63, 3.8) is 0 Å². The van der Waals surface area contributed by atoms with E-state index in [-0.39, 0.29) is 18.4 Å². The lowest BCUT2D eigenvalue weighted by molar-refractivity contribution is -0.120. The van der Waals surface area contributed by atoms with Crippen LogP contribution in [0.5, 0.6) is 0 Å². The first-order valence-corrected chi connectivity index (χ1v) is 5.88. The molecule has 0 aliphatic rings. The zero-order chi connectivity index (χ0) is 15.1.